The second-order valence-electron chi connectivity index (χ2n) is 10.9. The van der Waals surface area contributed by atoms with Crippen molar-refractivity contribution in [1.82, 2.24) is 0 Å². The molecule has 0 nitrogen and oxygen atoms in total. The standard InChI is InChI=1S/C38H32/c1-4-14-28(15-5-1)26-27-34-33-24-10-11-25-35(33)38(32-22-13-23-32,31-20-8-3-9-21-31)37(34)36(30-18-12-19-30)29-16-6-2-7-17-29/h1-11,14-17,20-21,24-25,32H,12-13,18-19,22-23H2/t38-/m1/s1. The molecule has 3 aliphatic carbocycles. The zero-order chi connectivity index (χ0) is 25.4. The van der Waals surface area contributed by atoms with Crippen molar-refractivity contribution in [2.75, 3.05) is 0 Å². The molecule has 0 spiro atoms. The molecule has 0 heterocycles. The number of allylic oxidation sites excluding steroid dienone is 4. The molecule has 1 atom stereocenters. The molecule has 0 amide bonds. The highest BCUT2D eigenvalue weighted by Crippen LogP contribution is 2.63. The topological polar surface area (TPSA) is 0 Å². The lowest BCUT2D eigenvalue weighted by atomic mass is 9.55. The molecule has 2 fully saturated rings. The minimum absolute atomic E-state index is 0.190. The van der Waals surface area contributed by atoms with Crippen LogP contribution in [0.25, 0.3) is 11.1 Å². The van der Waals surface area contributed by atoms with Crippen LogP contribution in [0.4, 0.5) is 0 Å². The smallest absolute Gasteiger partial charge is 0.0504 e. The van der Waals surface area contributed by atoms with Crippen LogP contribution in [0.1, 0.15) is 66.3 Å². The first kappa shape index (κ1) is 23.1. The van der Waals surface area contributed by atoms with Gasteiger partial charge in [-0.25, -0.2) is 0 Å². The fraction of sp³-hybridized carbons (Fsp3) is 0.211. The average molecular weight is 489 g/mol. The Morgan fingerprint density at radius 2 is 1.26 bits per heavy atom. The largest absolute Gasteiger partial charge is 0.0622 e. The van der Waals surface area contributed by atoms with Crippen LogP contribution in [0.3, 0.4) is 0 Å². The summed E-state index contributed by atoms with van der Waals surface area (Å²) in [5.74, 6) is 7.92. The number of fused-ring (bicyclic) bond motifs is 1. The summed E-state index contributed by atoms with van der Waals surface area (Å²) in [6.07, 6.45) is 7.45. The van der Waals surface area contributed by atoms with Gasteiger partial charge in [0.2, 0.25) is 0 Å². The Morgan fingerprint density at radius 1 is 0.632 bits per heavy atom. The predicted octanol–water partition coefficient (Wildman–Crippen LogP) is 9.23. The van der Waals surface area contributed by atoms with Gasteiger partial charge >= 0.3 is 0 Å². The number of rotatable bonds is 4. The van der Waals surface area contributed by atoms with Gasteiger partial charge in [0.05, 0.1) is 5.41 Å². The van der Waals surface area contributed by atoms with Gasteiger partial charge in [0.15, 0.2) is 0 Å². The van der Waals surface area contributed by atoms with Crippen LogP contribution in [0.2, 0.25) is 0 Å². The van der Waals surface area contributed by atoms with E-state index in [1.54, 1.807) is 5.57 Å². The molecule has 0 unspecified atom stereocenters. The molecule has 0 N–H and O–H groups in total. The Kier molecular flexibility index (Phi) is 5.87. The minimum atomic E-state index is -0.190. The van der Waals surface area contributed by atoms with E-state index in [1.807, 2.05) is 0 Å². The molecular formula is C38H32. The molecule has 0 saturated heterocycles. The molecule has 0 aromatic heterocycles. The van der Waals surface area contributed by atoms with E-state index >= 15 is 0 Å². The molecule has 184 valence electrons. The normalized spacial score (nSPS) is 20.2. The van der Waals surface area contributed by atoms with E-state index in [1.165, 1.54) is 77.5 Å². The third-order valence-electron chi connectivity index (χ3n) is 8.94. The molecule has 0 radical (unpaired) electrons. The van der Waals surface area contributed by atoms with Crippen LogP contribution in [-0.4, -0.2) is 0 Å². The maximum Gasteiger partial charge on any atom is 0.0504 e. The summed E-state index contributed by atoms with van der Waals surface area (Å²) >= 11 is 0. The number of benzene rings is 4. The van der Waals surface area contributed by atoms with Crippen molar-refractivity contribution >= 4 is 11.1 Å². The van der Waals surface area contributed by atoms with E-state index in [2.05, 4.69) is 127 Å². The van der Waals surface area contributed by atoms with E-state index in [0.29, 0.717) is 5.92 Å². The molecule has 7 rings (SSSR count). The fourth-order valence-electron chi connectivity index (χ4n) is 6.86. The van der Waals surface area contributed by atoms with Crippen molar-refractivity contribution in [1.29, 1.82) is 0 Å². The molecule has 3 aliphatic rings. The quantitative estimate of drug-likeness (QED) is 0.251. The summed E-state index contributed by atoms with van der Waals surface area (Å²) < 4.78 is 0. The van der Waals surface area contributed by atoms with Crippen LogP contribution in [-0.2, 0) is 5.41 Å². The van der Waals surface area contributed by atoms with Crippen molar-refractivity contribution in [3.05, 3.63) is 154 Å². The van der Waals surface area contributed by atoms with E-state index in [-0.39, 0.29) is 5.41 Å². The number of hydrogen-bond donors (Lipinski definition) is 0. The second kappa shape index (κ2) is 9.66. The SMILES string of the molecule is C(#Cc1ccccc1)C1=C(C(=C2CCC2)c2ccccc2)[C@](c2ccccc2)(C2CCC2)c2ccccc21. The predicted molar refractivity (Wildman–Crippen MR) is 158 cm³/mol. The molecule has 0 aliphatic heterocycles. The van der Waals surface area contributed by atoms with Gasteiger partial charge in [0.25, 0.3) is 0 Å². The Labute approximate surface area is 226 Å². The van der Waals surface area contributed by atoms with E-state index in [0.717, 1.165) is 5.56 Å². The van der Waals surface area contributed by atoms with Crippen LogP contribution < -0.4 is 0 Å². The molecule has 4 aromatic carbocycles. The third-order valence-corrected chi connectivity index (χ3v) is 8.94. The Hall–Kier alpha value is -4.08. The van der Waals surface area contributed by atoms with Crippen molar-refractivity contribution in [2.45, 2.75) is 43.9 Å². The van der Waals surface area contributed by atoms with Crippen molar-refractivity contribution in [3.63, 3.8) is 0 Å². The molecule has 2 saturated carbocycles. The van der Waals surface area contributed by atoms with Crippen molar-refractivity contribution in [3.8, 4) is 11.8 Å². The lowest BCUT2D eigenvalue weighted by molar-refractivity contribution is 0.230. The summed E-state index contributed by atoms with van der Waals surface area (Å²) in [4.78, 5) is 0. The number of hydrogen-bond acceptors (Lipinski definition) is 0. The van der Waals surface area contributed by atoms with Crippen molar-refractivity contribution < 1.29 is 0 Å². The van der Waals surface area contributed by atoms with Gasteiger partial charge in [0.1, 0.15) is 0 Å². The summed E-state index contributed by atoms with van der Waals surface area (Å²) in [6, 6.07) is 42.1. The molecule has 0 bridgehead atoms. The average Bonchev–Trinajstić information content (AvgIpc) is 3.20. The van der Waals surface area contributed by atoms with Crippen LogP contribution in [0.15, 0.2) is 126 Å². The molecular weight excluding hydrogens is 456 g/mol. The zero-order valence-electron chi connectivity index (χ0n) is 21.8. The van der Waals surface area contributed by atoms with Crippen LogP contribution >= 0.6 is 0 Å². The highest BCUT2D eigenvalue weighted by Gasteiger charge is 2.54. The van der Waals surface area contributed by atoms with Gasteiger partial charge in [0, 0.05) is 11.1 Å². The highest BCUT2D eigenvalue weighted by atomic mass is 14.6. The minimum Gasteiger partial charge on any atom is -0.0622 e. The van der Waals surface area contributed by atoms with E-state index in [4.69, 9.17) is 0 Å². The van der Waals surface area contributed by atoms with Gasteiger partial charge in [-0.15, -0.1) is 0 Å². The van der Waals surface area contributed by atoms with Gasteiger partial charge in [-0.1, -0.05) is 127 Å². The first-order valence-electron chi connectivity index (χ1n) is 14.1. The summed E-state index contributed by atoms with van der Waals surface area (Å²) in [7, 11) is 0. The Bertz CT molecular complexity index is 1580. The van der Waals surface area contributed by atoms with Crippen LogP contribution in [0.5, 0.6) is 0 Å². The molecule has 0 heteroatoms. The van der Waals surface area contributed by atoms with Gasteiger partial charge < -0.3 is 0 Å². The maximum atomic E-state index is 3.78. The van der Waals surface area contributed by atoms with Crippen molar-refractivity contribution in [2.24, 2.45) is 5.92 Å². The summed E-state index contributed by atoms with van der Waals surface area (Å²) in [6.45, 7) is 0. The lowest BCUT2D eigenvalue weighted by Gasteiger charge is -2.47. The van der Waals surface area contributed by atoms with E-state index in [9.17, 15) is 0 Å². The van der Waals surface area contributed by atoms with Gasteiger partial charge in [-0.2, -0.15) is 0 Å². The molecule has 38 heavy (non-hydrogen) atoms. The second-order valence-corrected chi connectivity index (χ2v) is 10.9. The fourth-order valence-corrected chi connectivity index (χ4v) is 6.86. The monoisotopic (exact) mass is 488 g/mol. The Morgan fingerprint density at radius 3 is 1.89 bits per heavy atom. The summed E-state index contributed by atoms with van der Waals surface area (Å²) in [5.41, 5.74) is 12.1. The zero-order valence-corrected chi connectivity index (χ0v) is 21.8. The summed E-state index contributed by atoms with van der Waals surface area (Å²) in [5, 5.41) is 0. The van der Waals surface area contributed by atoms with Gasteiger partial charge in [-0.3, -0.25) is 0 Å². The first-order valence-corrected chi connectivity index (χ1v) is 14.1. The lowest BCUT2D eigenvalue weighted by Crippen LogP contribution is -2.41. The third kappa shape index (κ3) is 3.61. The highest BCUT2D eigenvalue weighted by molar-refractivity contribution is 6.04. The Balaban J connectivity index is 1.61. The molecule has 4 aromatic rings. The first-order chi connectivity index (χ1) is 18.9. The van der Waals surface area contributed by atoms with E-state index < -0.39 is 0 Å². The van der Waals surface area contributed by atoms with Gasteiger partial charge in [-0.05, 0) is 83.6 Å². The maximum absolute atomic E-state index is 3.78. The van der Waals surface area contributed by atoms with Crippen LogP contribution in [0, 0.1) is 17.8 Å².